The van der Waals surface area contributed by atoms with Crippen LogP contribution in [0.25, 0.3) is 0 Å². The molecule has 1 aromatic rings. The van der Waals surface area contributed by atoms with Crippen molar-refractivity contribution in [2.75, 3.05) is 26.2 Å². The lowest BCUT2D eigenvalue weighted by Gasteiger charge is -2.34. The zero-order chi connectivity index (χ0) is 13.7. The van der Waals surface area contributed by atoms with Crippen LogP contribution >= 0.6 is 0 Å². The summed E-state index contributed by atoms with van der Waals surface area (Å²) < 4.78 is 5.40. The Bertz CT molecular complexity index is 417. The Balaban J connectivity index is 1.94. The molecule has 0 aliphatic carbocycles. The van der Waals surface area contributed by atoms with Gasteiger partial charge in [-0.05, 0) is 31.5 Å². The first kappa shape index (κ1) is 13.9. The molecule has 0 aromatic heterocycles. The molecule has 4 heteroatoms. The van der Waals surface area contributed by atoms with Crippen LogP contribution in [0, 0.1) is 0 Å². The van der Waals surface area contributed by atoms with E-state index in [4.69, 9.17) is 4.74 Å². The van der Waals surface area contributed by atoms with Crippen molar-refractivity contribution in [3.05, 3.63) is 29.8 Å². The molecular weight excluding hydrogens is 240 g/mol. The fraction of sp³-hybridized carbons (Fsp3) is 0.533. The third-order valence-corrected chi connectivity index (χ3v) is 3.41. The topological polar surface area (TPSA) is 41.6 Å². The molecule has 1 heterocycles. The van der Waals surface area contributed by atoms with Crippen LogP contribution < -0.4 is 10.1 Å². The van der Waals surface area contributed by atoms with Gasteiger partial charge in [0.05, 0.1) is 13.0 Å². The Kier molecular flexibility index (Phi) is 4.80. The van der Waals surface area contributed by atoms with Crippen molar-refractivity contribution in [1.82, 2.24) is 10.2 Å². The Morgan fingerprint density at radius 3 is 2.79 bits per heavy atom. The average Bonchev–Trinajstić information content (AvgIpc) is 2.42. The summed E-state index contributed by atoms with van der Waals surface area (Å²) in [5, 5.41) is 3.29. The standard InChI is InChI=1S/C15H22N2O2/c1-3-19-14-6-4-13(5-7-14)10-15(18)17-9-8-16-11-12(17)2/h4-7,12,16H,3,8-11H2,1-2H3/t12-/m0/s1. The molecule has 0 radical (unpaired) electrons. The summed E-state index contributed by atoms with van der Waals surface area (Å²) in [6.45, 7) is 7.29. The van der Waals surface area contributed by atoms with E-state index in [2.05, 4.69) is 12.2 Å². The zero-order valence-electron chi connectivity index (χ0n) is 11.7. The lowest BCUT2D eigenvalue weighted by molar-refractivity contribution is -0.133. The van der Waals surface area contributed by atoms with E-state index in [-0.39, 0.29) is 11.9 Å². The lowest BCUT2D eigenvalue weighted by atomic mass is 10.1. The highest BCUT2D eigenvalue weighted by Crippen LogP contribution is 2.14. The van der Waals surface area contributed by atoms with Crippen LogP contribution in [0.5, 0.6) is 5.75 Å². The maximum atomic E-state index is 12.3. The molecule has 1 N–H and O–H groups in total. The number of nitrogens with zero attached hydrogens (tertiary/aromatic N) is 1. The molecule has 1 fully saturated rings. The van der Waals surface area contributed by atoms with Gasteiger partial charge < -0.3 is 15.0 Å². The smallest absolute Gasteiger partial charge is 0.227 e. The van der Waals surface area contributed by atoms with E-state index in [1.165, 1.54) is 0 Å². The Morgan fingerprint density at radius 1 is 1.42 bits per heavy atom. The zero-order valence-corrected chi connectivity index (χ0v) is 11.7. The molecule has 0 unspecified atom stereocenters. The number of ether oxygens (including phenoxy) is 1. The molecule has 1 saturated heterocycles. The fourth-order valence-corrected chi connectivity index (χ4v) is 2.36. The van der Waals surface area contributed by atoms with Crippen LogP contribution in [0.4, 0.5) is 0 Å². The first-order valence-corrected chi connectivity index (χ1v) is 6.92. The van der Waals surface area contributed by atoms with Gasteiger partial charge in [-0.15, -0.1) is 0 Å². The highest BCUT2D eigenvalue weighted by Gasteiger charge is 2.22. The number of nitrogens with one attached hydrogen (secondary N) is 1. The fourth-order valence-electron chi connectivity index (χ4n) is 2.36. The molecular formula is C15H22N2O2. The highest BCUT2D eigenvalue weighted by atomic mass is 16.5. The number of carbonyl (C=O) groups excluding carboxylic acids is 1. The number of carbonyl (C=O) groups is 1. The van der Waals surface area contributed by atoms with Gasteiger partial charge in [0.2, 0.25) is 5.91 Å². The lowest BCUT2D eigenvalue weighted by Crippen LogP contribution is -2.52. The van der Waals surface area contributed by atoms with Crippen molar-refractivity contribution in [2.24, 2.45) is 0 Å². The number of amides is 1. The number of hydrogen-bond acceptors (Lipinski definition) is 3. The van der Waals surface area contributed by atoms with E-state index in [0.717, 1.165) is 30.9 Å². The van der Waals surface area contributed by atoms with Crippen molar-refractivity contribution in [1.29, 1.82) is 0 Å². The third kappa shape index (κ3) is 3.70. The number of benzene rings is 1. The number of hydrogen-bond donors (Lipinski definition) is 1. The van der Waals surface area contributed by atoms with Gasteiger partial charge in [0.25, 0.3) is 0 Å². The van der Waals surface area contributed by atoms with Gasteiger partial charge in [-0.1, -0.05) is 12.1 Å². The van der Waals surface area contributed by atoms with Crippen LogP contribution in [0.1, 0.15) is 19.4 Å². The van der Waals surface area contributed by atoms with Gasteiger partial charge >= 0.3 is 0 Å². The predicted molar refractivity (Wildman–Crippen MR) is 75.4 cm³/mol. The van der Waals surface area contributed by atoms with Gasteiger partial charge in [0.1, 0.15) is 5.75 Å². The van der Waals surface area contributed by atoms with Crippen molar-refractivity contribution in [3.8, 4) is 5.75 Å². The van der Waals surface area contributed by atoms with Crippen molar-refractivity contribution in [3.63, 3.8) is 0 Å². The van der Waals surface area contributed by atoms with Crippen LogP contribution in [0.2, 0.25) is 0 Å². The average molecular weight is 262 g/mol. The summed E-state index contributed by atoms with van der Waals surface area (Å²) in [5.74, 6) is 1.06. The Morgan fingerprint density at radius 2 is 2.16 bits per heavy atom. The second kappa shape index (κ2) is 6.57. The largest absolute Gasteiger partial charge is 0.494 e. The Labute approximate surface area is 114 Å². The molecule has 1 aromatic carbocycles. The number of piperazine rings is 1. The second-order valence-corrected chi connectivity index (χ2v) is 4.89. The molecule has 0 spiro atoms. The second-order valence-electron chi connectivity index (χ2n) is 4.89. The maximum absolute atomic E-state index is 12.3. The molecule has 1 aliphatic heterocycles. The summed E-state index contributed by atoms with van der Waals surface area (Å²) in [6, 6.07) is 8.07. The monoisotopic (exact) mass is 262 g/mol. The van der Waals surface area contributed by atoms with Gasteiger partial charge in [-0.3, -0.25) is 4.79 Å². The number of rotatable bonds is 4. The first-order chi connectivity index (χ1) is 9.20. The summed E-state index contributed by atoms with van der Waals surface area (Å²) in [4.78, 5) is 14.2. The normalized spacial score (nSPS) is 19.3. The molecule has 1 atom stereocenters. The molecule has 1 aliphatic rings. The molecule has 4 nitrogen and oxygen atoms in total. The van der Waals surface area contributed by atoms with E-state index in [0.29, 0.717) is 13.0 Å². The molecule has 19 heavy (non-hydrogen) atoms. The summed E-state index contributed by atoms with van der Waals surface area (Å²) in [6.07, 6.45) is 0.469. The SMILES string of the molecule is CCOc1ccc(CC(=O)N2CCNC[C@@H]2C)cc1. The van der Waals surface area contributed by atoms with E-state index < -0.39 is 0 Å². The van der Waals surface area contributed by atoms with Crippen LogP contribution in [-0.4, -0.2) is 43.1 Å². The van der Waals surface area contributed by atoms with E-state index in [1.807, 2.05) is 36.1 Å². The minimum Gasteiger partial charge on any atom is -0.494 e. The maximum Gasteiger partial charge on any atom is 0.227 e. The van der Waals surface area contributed by atoms with Crippen LogP contribution in [0.3, 0.4) is 0 Å². The van der Waals surface area contributed by atoms with Gasteiger partial charge in [0, 0.05) is 25.7 Å². The highest BCUT2D eigenvalue weighted by molar-refractivity contribution is 5.79. The van der Waals surface area contributed by atoms with Gasteiger partial charge in [0.15, 0.2) is 0 Å². The van der Waals surface area contributed by atoms with Gasteiger partial charge in [-0.2, -0.15) is 0 Å². The minimum atomic E-state index is 0.207. The summed E-state index contributed by atoms with van der Waals surface area (Å²) in [5.41, 5.74) is 1.04. The van der Waals surface area contributed by atoms with Crippen molar-refractivity contribution >= 4 is 5.91 Å². The van der Waals surface area contributed by atoms with Crippen LogP contribution in [-0.2, 0) is 11.2 Å². The quantitative estimate of drug-likeness (QED) is 0.893. The minimum absolute atomic E-state index is 0.207. The summed E-state index contributed by atoms with van der Waals surface area (Å²) in [7, 11) is 0. The first-order valence-electron chi connectivity index (χ1n) is 6.92. The van der Waals surface area contributed by atoms with E-state index in [1.54, 1.807) is 0 Å². The van der Waals surface area contributed by atoms with Crippen LogP contribution in [0.15, 0.2) is 24.3 Å². The van der Waals surface area contributed by atoms with Crippen molar-refractivity contribution in [2.45, 2.75) is 26.3 Å². The third-order valence-electron chi connectivity index (χ3n) is 3.41. The van der Waals surface area contributed by atoms with E-state index >= 15 is 0 Å². The van der Waals surface area contributed by atoms with Crippen molar-refractivity contribution < 1.29 is 9.53 Å². The Hall–Kier alpha value is -1.55. The summed E-state index contributed by atoms with van der Waals surface area (Å²) >= 11 is 0. The van der Waals surface area contributed by atoms with Gasteiger partial charge in [-0.25, -0.2) is 0 Å². The molecule has 1 amide bonds. The molecule has 104 valence electrons. The molecule has 0 bridgehead atoms. The predicted octanol–water partition coefficient (Wildman–Crippen LogP) is 1.45. The molecule has 2 rings (SSSR count). The molecule has 0 saturated carbocycles. The van der Waals surface area contributed by atoms with E-state index in [9.17, 15) is 4.79 Å².